The Balaban J connectivity index is 1.72. The highest BCUT2D eigenvalue weighted by Gasteiger charge is 2.19. The van der Waals surface area contributed by atoms with Gasteiger partial charge in [0.05, 0.1) is 0 Å². The number of aromatic nitrogens is 2. The molecule has 0 aliphatic heterocycles. The SMILES string of the molecule is NCc1ccc(-c2noc(CC3CCCC3)n2)cc1. The number of hydrogen-bond donors (Lipinski definition) is 1. The molecule has 1 saturated carbocycles. The maximum absolute atomic E-state index is 5.58. The predicted octanol–water partition coefficient (Wildman–Crippen LogP) is 2.93. The van der Waals surface area contributed by atoms with Crippen molar-refractivity contribution in [1.29, 1.82) is 0 Å². The van der Waals surface area contributed by atoms with Crippen LogP contribution in [0.2, 0.25) is 0 Å². The molecule has 1 fully saturated rings. The highest BCUT2D eigenvalue weighted by molar-refractivity contribution is 5.54. The first kappa shape index (κ1) is 12.4. The van der Waals surface area contributed by atoms with Crippen LogP contribution >= 0.6 is 0 Å². The van der Waals surface area contributed by atoms with Crippen molar-refractivity contribution in [3.8, 4) is 11.4 Å². The highest BCUT2D eigenvalue weighted by Crippen LogP contribution is 2.28. The fraction of sp³-hybridized carbons (Fsp3) is 0.467. The maximum atomic E-state index is 5.58. The van der Waals surface area contributed by atoms with Gasteiger partial charge in [-0.3, -0.25) is 0 Å². The lowest BCUT2D eigenvalue weighted by molar-refractivity contribution is 0.353. The zero-order chi connectivity index (χ0) is 13.1. The van der Waals surface area contributed by atoms with Gasteiger partial charge in [-0.2, -0.15) is 4.98 Å². The van der Waals surface area contributed by atoms with Gasteiger partial charge in [-0.25, -0.2) is 0 Å². The third-order valence-corrected chi connectivity index (χ3v) is 3.85. The van der Waals surface area contributed by atoms with Crippen molar-refractivity contribution in [1.82, 2.24) is 10.1 Å². The minimum atomic E-state index is 0.555. The molecule has 0 unspecified atom stereocenters. The molecule has 0 amide bonds. The van der Waals surface area contributed by atoms with Crippen LogP contribution in [0.25, 0.3) is 11.4 Å². The van der Waals surface area contributed by atoms with Gasteiger partial charge >= 0.3 is 0 Å². The van der Waals surface area contributed by atoms with Crippen molar-refractivity contribution in [2.45, 2.75) is 38.6 Å². The molecule has 100 valence electrons. The topological polar surface area (TPSA) is 64.9 Å². The van der Waals surface area contributed by atoms with Gasteiger partial charge in [-0.05, 0) is 24.3 Å². The van der Waals surface area contributed by atoms with Crippen molar-refractivity contribution in [2.24, 2.45) is 11.7 Å². The van der Waals surface area contributed by atoms with Gasteiger partial charge in [0, 0.05) is 18.5 Å². The molecular weight excluding hydrogens is 238 g/mol. The summed E-state index contributed by atoms with van der Waals surface area (Å²) in [6.45, 7) is 0.555. The standard InChI is InChI=1S/C15H19N3O/c16-10-12-5-7-13(8-6-12)15-17-14(19-18-15)9-11-3-1-2-4-11/h5-8,11H,1-4,9-10,16H2. The summed E-state index contributed by atoms with van der Waals surface area (Å²) in [6.07, 6.45) is 6.19. The van der Waals surface area contributed by atoms with E-state index in [0.29, 0.717) is 12.4 Å². The van der Waals surface area contributed by atoms with E-state index in [0.717, 1.165) is 29.4 Å². The summed E-state index contributed by atoms with van der Waals surface area (Å²) >= 11 is 0. The smallest absolute Gasteiger partial charge is 0.227 e. The van der Waals surface area contributed by atoms with Gasteiger partial charge in [0.2, 0.25) is 11.7 Å². The highest BCUT2D eigenvalue weighted by atomic mass is 16.5. The van der Waals surface area contributed by atoms with Crippen molar-refractivity contribution in [3.63, 3.8) is 0 Å². The van der Waals surface area contributed by atoms with Gasteiger partial charge in [-0.1, -0.05) is 42.3 Å². The largest absolute Gasteiger partial charge is 0.339 e. The van der Waals surface area contributed by atoms with E-state index in [1.54, 1.807) is 0 Å². The second kappa shape index (κ2) is 5.53. The summed E-state index contributed by atoms with van der Waals surface area (Å²) in [7, 11) is 0. The monoisotopic (exact) mass is 257 g/mol. The minimum absolute atomic E-state index is 0.555. The van der Waals surface area contributed by atoms with Crippen molar-refractivity contribution < 1.29 is 4.52 Å². The lowest BCUT2D eigenvalue weighted by Gasteiger charge is -2.02. The first-order valence-electron chi connectivity index (χ1n) is 6.97. The molecule has 0 atom stereocenters. The molecule has 0 radical (unpaired) electrons. The van der Waals surface area contributed by atoms with E-state index in [-0.39, 0.29) is 0 Å². The van der Waals surface area contributed by atoms with Gasteiger partial charge in [0.1, 0.15) is 0 Å². The first-order chi connectivity index (χ1) is 9.35. The third-order valence-electron chi connectivity index (χ3n) is 3.85. The zero-order valence-corrected chi connectivity index (χ0v) is 11.0. The van der Waals surface area contributed by atoms with Crippen molar-refractivity contribution >= 4 is 0 Å². The van der Waals surface area contributed by atoms with E-state index >= 15 is 0 Å². The lowest BCUT2D eigenvalue weighted by Crippen LogP contribution is -1.98. The van der Waals surface area contributed by atoms with Crippen LogP contribution in [0.4, 0.5) is 0 Å². The van der Waals surface area contributed by atoms with Crippen LogP contribution in [0.1, 0.15) is 37.1 Å². The van der Waals surface area contributed by atoms with Gasteiger partial charge in [0.25, 0.3) is 0 Å². The molecule has 2 N–H and O–H groups in total. The van der Waals surface area contributed by atoms with E-state index in [1.807, 2.05) is 24.3 Å². The fourth-order valence-corrected chi connectivity index (χ4v) is 2.71. The Bertz CT molecular complexity index is 527. The minimum Gasteiger partial charge on any atom is -0.339 e. The van der Waals surface area contributed by atoms with Crippen molar-refractivity contribution in [3.05, 3.63) is 35.7 Å². The third kappa shape index (κ3) is 2.84. The Hall–Kier alpha value is -1.68. The van der Waals surface area contributed by atoms with E-state index in [1.165, 1.54) is 25.7 Å². The van der Waals surface area contributed by atoms with Crippen molar-refractivity contribution in [2.75, 3.05) is 0 Å². The molecule has 1 aromatic heterocycles. The summed E-state index contributed by atoms with van der Waals surface area (Å²) in [4.78, 5) is 4.49. The van der Waals surface area contributed by atoms with E-state index in [4.69, 9.17) is 10.3 Å². The molecular formula is C15H19N3O. The summed E-state index contributed by atoms with van der Waals surface area (Å²) in [5.74, 6) is 2.18. The van der Waals surface area contributed by atoms with Crippen LogP contribution in [0.3, 0.4) is 0 Å². The van der Waals surface area contributed by atoms with E-state index in [9.17, 15) is 0 Å². The van der Waals surface area contributed by atoms with Gasteiger partial charge < -0.3 is 10.3 Å². The summed E-state index contributed by atoms with van der Waals surface area (Å²) < 4.78 is 5.35. The molecule has 19 heavy (non-hydrogen) atoms. The maximum Gasteiger partial charge on any atom is 0.227 e. The molecule has 1 aliphatic rings. The Morgan fingerprint density at radius 3 is 2.58 bits per heavy atom. The second-order valence-corrected chi connectivity index (χ2v) is 5.27. The predicted molar refractivity (Wildman–Crippen MR) is 73.3 cm³/mol. The molecule has 1 aromatic carbocycles. The summed E-state index contributed by atoms with van der Waals surface area (Å²) in [6, 6.07) is 7.99. The zero-order valence-electron chi connectivity index (χ0n) is 11.0. The fourth-order valence-electron chi connectivity index (χ4n) is 2.71. The van der Waals surface area contributed by atoms with Crippen LogP contribution in [0.15, 0.2) is 28.8 Å². The summed E-state index contributed by atoms with van der Waals surface area (Å²) in [5, 5.41) is 4.07. The molecule has 3 rings (SSSR count). The van der Waals surface area contributed by atoms with Crippen LogP contribution in [0, 0.1) is 5.92 Å². The number of nitrogens with zero attached hydrogens (tertiary/aromatic N) is 2. The Morgan fingerprint density at radius 1 is 1.16 bits per heavy atom. The summed E-state index contributed by atoms with van der Waals surface area (Å²) in [5.41, 5.74) is 7.68. The molecule has 4 heteroatoms. The number of rotatable bonds is 4. The average molecular weight is 257 g/mol. The van der Waals surface area contributed by atoms with E-state index < -0.39 is 0 Å². The van der Waals surface area contributed by atoms with Gasteiger partial charge in [-0.15, -0.1) is 0 Å². The first-order valence-corrected chi connectivity index (χ1v) is 6.97. The number of benzene rings is 1. The molecule has 0 saturated heterocycles. The quantitative estimate of drug-likeness (QED) is 0.914. The van der Waals surface area contributed by atoms with Crippen LogP contribution in [-0.4, -0.2) is 10.1 Å². The van der Waals surface area contributed by atoms with Crippen LogP contribution < -0.4 is 5.73 Å². The Morgan fingerprint density at radius 2 is 1.89 bits per heavy atom. The van der Waals surface area contributed by atoms with Gasteiger partial charge in [0.15, 0.2) is 0 Å². The molecule has 4 nitrogen and oxygen atoms in total. The molecule has 1 aliphatic carbocycles. The lowest BCUT2D eigenvalue weighted by atomic mass is 10.0. The Kier molecular flexibility index (Phi) is 3.60. The molecule has 1 heterocycles. The van der Waals surface area contributed by atoms with E-state index in [2.05, 4.69) is 10.1 Å². The second-order valence-electron chi connectivity index (χ2n) is 5.27. The molecule has 2 aromatic rings. The normalized spacial score (nSPS) is 16.1. The number of nitrogens with two attached hydrogens (primary N) is 1. The molecule has 0 spiro atoms. The van der Waals surface area contributed by atoms with Crippen LogP contribution in [0.5, 0.6) is 0 Å². The molecule has 0 bridgehead atoms. The number of hydrogen-bond acceptors (Lipinski definition) is 4. The average Bonchev–Trinajstić information content (AvgIpc) is 3.11. The Labute approximate surface area is 113 Å². The van der Waals surface area contributed by atoms with Crippen LogP contribution in [-0.2, 0) is 13.0 Å².